The van der Waals surface area contributed by atoms with Crippen LogP contribution in [0.1, 0.15) is 42.5 Å². The quantitative estimate of drug-likeness (QED) is 0.536. The smallest absolute Gasteiger partial charge is 0.259 e. The van der Waals surface area contributed by atoms with Crippen molar-refractivity contribution >= 4 is 0 Å². The minimum atomic E-state index is 0. The molecule has 1 aromatic carbocycles. The maximum absolute atomic E-state index is 2.44. The van der Waals surface area contributed by atoms with E-state index in [0.717, 1.165) is 6.54 Å². The zero-order valence-electron chi connectivity index (χ0n) is 12.4. The normalized spacial score (nSPS) is 10.6. The summed E-state index contributed by atoms with van der Waals surface area (Å²) in [4.78, 5) is 0. The Kier molecular flexibility index (Phi) is 5.59. The average Bonchev–Trinajstić information content (AvgIpc) is 2.56. The summed E-state index contributed by atoms with van der Waals surface area (Å²) in [7, 11) is 2.17. The van der Waals surface area contributed by atoms with E-state index < -0.39 is 0 Å². The van der Waals surface area contributed by atoms with Crippen LogP contribution in [0.4, 0.5) is 0 Å². The SMILES string of the molecule is Cc1c(C)[n+](C)c(C(C)C)n1Cc1ccccc1.[I-]. The summed E-state index contributed by atoms with van der Waals surface area (Å²) in [6.45, 7) is 9.89. The molecule has 0 bridgehead atoms. The van der Waals surface area contributed by atoms with E-state index in [-0.39, 0.29) is 24.0 Å². The highest BCUT2D eigenvalue weighted by molar-refractivity contribution is 5.18. The molecule has 0 atom stereocenters. The molecular formula is C16H23IN2. The van der Waals surface area contributed by atoms with Gasteiger partial charge in [-0.15, -0.1) is 0 Å². The minimum absolute atomic E-state index is 0. The van der Waals surface area contributed by atoms with Crippen molar-refractivity contribution in [3.8, 4) is 0 Å². The van der Waals surface area contributed by atoms with Crippen LogP contribution in [-0.2, 0) is 13.6 Å². The summed E-state index contributed by atoms with van der Waals surface area (Å²) in [5, 5.41) is 0. The maximum atomic E-state index is 2.44. The molecule has 0 aliphatic carbocycles. The van der Waals surface area contributed by atoms with Crippen LogP contribution < -0.4 is 28.5 Å². The van der Waals surface area contributed by atoms with Gasteiger partial charge in [-0.25, -0.2) is 9.13 Å². The molecule has 0 amide bonds. The summed E-state index contributed by atoms with van der Waals surface area (Å²) in [5.41, 5.74) is 4.08. The molecule has 3 heteroatoms. The fourth-order valence-electron chi connectivity index (χ4n) is 2.63. The van der Waals surface area contributed by atoms with Gasteiger partial charge < -0.3 is 24.0 Å². The van der Waals surface area contributed by atoms with E-state index in [1.165, 1.54) is 22.8 Å². The average molecular weight is 370 g/mol. The van der Waals surface area contributed by atoms with Crippen molar-refractivity contribution in [1.29, 1.82) is 0 Å². The topological polar surface area (TPSA) is 8.81 Å². The Morgan fingerprint density at radius 3 is 2.21 bits per heavy atom. The third-order valence-electron chi connectivity index (χ3n) is 3.75. The molecule has 104 valence electrons. The molecule has 0 spiro atoms. The third kappa shape index (κ3) is 3.19. The highest BCUT2D eigenvalue weighted by atomic mass is 127. The van der Waals surface area contributed by atoms with Gasteiger partial charge in [0.2, 0.25) is 0 Å². The summed E-state index contributed by atoms with van der Waals surface area (Å²) >= 11 is 0. The second-order valence-electron chi connectivity index (χ2n) is 5.31. The van der Waals surface area contributed by atoms with Crippen molar-refractivity contribution in [3.63, 3.8) is 0 Å². The maximum Gasteiger partial charge on any atom is 0.259 e. The predicted octanol–water partition coefficient (Wildman–Crippen LogP) is 0.105. The van der Waals surface area contributed by atoms with Gasteiger partial charge >= 0.3 is 0 Å². The molecule has 0 fully saturated rings. The van der Waals surface area contributed by atoms with E-state index in [0.29, 0.717) is 5.92 Å². The van der Waals surface area contributed by atoms with Crippen LogP contribution in [0.15, 0.2) is 30.3 Å². The Balaban J connectivity index is 0.00000180. The van der Waals surface area contributed by atoms with Crippen LogP contribution in [-0.4, -0.2) is 4.57 Å². The van der Waals surface area contributed by atoms with Crippen molar-refractivity contribution < 1.29 is 28.5 Å². The number of aromatic nitrogens is 2. The molecule has 0 unspecified atom stereocenters. The second kappa shape index (κ2) is 6.55. The van der Waals surface area contributed by atoms with Gasteiger partial charge in [-0.2, -0.15) is 0 Å². The minimum Gasteiger partial charge on any atom is -1.00 e. The van der Waals surface area contributed by atoms with Crippen molar-refractivity contribution in [2.45, 2.75) is 40.2 Å². The van der Waals surface area contributed by atoms with Gasteiger partial charge in [0.05, 0.1) is 13.0 Å². The molecule has 0 aliphatic heterocycles. The summed E-state index contributed by atoms with van der Waals surface area (Å²) < 4.78 is 4.76. The number of hydrogen-bond donors (Lipinski definition) is 0. The van der Waals surface area contributed by atoms with Crippen LogP contribution in [0.2, 0.25) is 0 Å². The lowest BCUT2D eigenvalue weighted by atomic mass is 10.2. The van der Waals surface area contributed by atoms with Crippen molar-refractivity contribution in [2.75, 3.05) is 0 Å². The van der Waals surface area contributed by atoms with Crippen LogP contribution in [0.25, 0.3) is 0 Å². The zero-order chi connectivity index (χ0) is 13.3. The molecule has 19 heavy (non-hydrogen) atoms. The molecule has 2 nitrogen and oxygen atoms in total. The van der Waals surface area contributed by atoms with E-state index >= 15 is 0 Å². The van der Waals surface area contributed by atoms with Crippen molar-refractivity contribution in [1.82, 2.24) is 4.57 Å². The van der Waals surface area contributed by atoms with Gasteiger partial charge in [0.15, 0.2) is 0 Å². The van der Waals surface area contributed by atoms with Crippen molar-refractivity contribution in [2.24, 2.45) is 7.05 Å². The number of hydrogen-bond acceptors (Lipinski definition) is 0. The molecule has 2 aromatic rings. The molecule has 1 aromatic heterocycles. The van der Waals surface area contributed by atoms with E-state index in [1.807, 2.05) is 0 Å². The Hall–Kier alpha value is -0.840. The number of imidazole rings is 1. The first-order chi connectivity index (χ1) is 8.52. The molecule has 0 N–H and O–H groups in total. The Morgan fingerprint density at radius 1 is 1.11 bits per heavy atom. The summed E-state index contributed by atoms with van der Waals surface area (Å²) in [5.74, 6) is 1.93. The van der Waals surface area contributed by atoms with Gasteiger partial charge in [0.25, 0.3) is 5.82 Å². The summed E-state index contributed by atoms with van der Waals surface area (Å²) in [6.07, 6.45) is 0. The first-order valence-corrected chi connectivity index (χ1v) is 6.62. The van der Waals surface area contributed by atoms with Gasteiger partial charge in [-0.3, -0.25) is 0 Å². The van der Waals surface area contributed by atoms with Gasteiger partial charge in [-0.1, -0.05) is 44.2 Å². The third-order valence-corrected chi connectivity index (χ3v) is 3.75. The highest BCUT2D eigenvalue weighted by Gasteiger charge is 2.25. The zero-order valence-corrected chi connectivity index (χ0v) is 14.6. The second-order valence-corrected chi connectivity index (χ2v) is 5.31. The summed E-state index contributed by atoms with van der Waals surface area (Å²) in [6, 6.07) is 10.7. The first kappa shape index (κ1) is 16.2. The molecule has 2 rings (SSSR count). The number of nitrogens with zero attached hydrogens (tertiary/aromatic N) is 2. The van der Waals surface area contributed by atoms with Crippen LogP contribution >= 0.6 is 0 Å². The number of halogens is 1. The largest absolute Gasteiger partial charge is 1.00 e. The van der Waals surface area contributed by atoms with Crippen LogP contribution in [0.3, 0.4) is 0 Å². The molecule has 0 aliphatic rings. The highest BCUT2D eigenvalue weighted by Crippen LogP contribution is 2.18. The fourth-order valence-corrected chi connectivity index (χ4v) is 2.63. The lowest BCUT2D eigenvalue weighted by molar-refractivity contribution is -0.685. The Labute approximate surface area is 133 Å². The standard InChI is InChI=1S/C16H23N2.HI/c1-12(2)16-17(5)13(3)14(4)18(16)11-15-9-7-6-8-10-15;/h6-10,12H,11H2,1-5H3;1H/q+1;/p-1. The van der Waals surface area contributed by atoms with Crippen LogP contribution in [0.5, 0.6) is 0 Å². The predicted molar refractivity (Wildman–Crippen MR) is 74.7 cm³/mol. The van der Waals surface area contributed by atoms with E-state index in [2.05, 4.69) is 74.2 Å². The van der Waals surface area contributed by atoms with E-state index in [4.69, 9.17) is 0 Å². The lowest BCUT2D eigenvalue weighted by Crippen LogP contribution is -3.00. The van der Waals surface area contributed by atoms with Gasteiger partial charge in [0, 0.05) is 13.8 Å². The van der Waals surface area contributed by atoms with Crippen molar-refractivity contribution in [3.05, 3.63) is 53.1 Å². The van der Waals surface area contributed by atoms with E-state index in [9.17, 15) is 0 Å². The first-order valence-electron chi connectivity index (χ1n) is 6.62. The lowest BCUT2D eigenvalue weighted by Gasteiger charge is -2.06. The van der Waals surface area contributed by atoms with Gasteiger partial charge in [-0.05, 0) is 5.56 Å². The van der Waals surface area contributed by atoms with E-state index in [1.54, 1.807) is 0 Å². The Bertz CT molecular complexity index is 542. The fraction of sp³-hybridized carbons (Fsp3) is 0.438. The molecule has 0 saturated carbocycles. The van der Waals surface area contributed by atoms with Gasteiger partial charge in [0.1, 0.15) is 17.9 Å². The molecule has 0 saturated heterocycles. The number of rotatable bonds is 3. The monoisotopic (exact) mass is 370 g/mol. The molecule has 1 heterocycles. The van der Waals surface area contributed by atoms with Crippen LogP contribution in [0, 0.1) is 13.8 Å². The molecule has 0 radical (unpaired) electrons. The number of benzene rings is 1. The molecular weight excluding hydrogens is 347 g/mol. The Morgan fingerprint density at radius 2 is 1.68 bits per heavy atom.